The number of carbonyl (C=O) groups excluding carboxylic acids is 1. The lowest BCUT2D eigenvalue weighted by Crippen LogP contribution is -2.61. The van der Waals surface area contributed by atoms with Gasteiger partial charge in [-0.1, -0.05) is 11.6 Å². The molecule has 1 aliphatic heterocycles. The molecule has 2 heterocycles. The minimum Gasteiger partial charge on any atom is -0.465 e. The predicted molar refractivity (Wildman–Crippen MR) is 69.1 cm³/mol. The van der Waals surface area contributed by atoms with E-state index in [1.807, 2.05) is 0 Å². The first-order chi connectivity index (χ1) is 9.32. The number of likely N-dealkylation sites (N-methyl/N-ethyl adjacent to an activating group) is 1. The van der Waals surface area contributed by atoms with E-state index in [9.17, 15) is 14.0 Å². The highest BCUT2D eigenvalue weighted by Gasteiger charge is 2.36. The van der Waals surface area contributed by atoms with E-state index in [1.165, 1.54) is 11.9 Å². The molecular formula is C11H12ClFN4O3. The van der Waals surface area contributed by atoms with Crippen LogP contribution in [0.5, 0.6) is 0 Å². The maximum Gasteiger partial charge on any atom is 0.407 e. The van der Waals surface area contributed by atoms with Gasteiger partial charge in [-0.25, -0.2) is 14.2 Å². The number of likely N-dealkylation sites (tertiary alicyclic amines) is 1. The van der Waals surface area contributed by atoms with Crippen LogP contribution in [0.1, 0.15) is 10.4 Å². The number of nitrogens with zero attached hydrogens (tertiary/aromatic N) is 3. The van der Waals surface area contributed by atoms with E-state index in [4.69, 9.17) is 22.4 Å². The average molecular weight is 303 g/mol. The van der Waals surface area contributed by atoms with Gasteiger partial charge in [0.15, 0.2) is 11.0 Å². The Morgan fingerprint density at radius 1 is 1.60 bits per heavy atom. The number of hydrogen-bond donors (Lipinski definition) is 2. The first-order valence-electron chi connectivity index (χ1n) is 5.67. The standard InChI is InChI=1S/C11H12ClFN4O3/c1-16(11(19)20)5-3-17(4-5)10(18)6-2-15-9(12)7(13)8(6)14/h2,5H,3-4H2,1H3,(H2,14,15)(H,19,20). The van der Waals surface area contributed by atoms with Crippen molar-refractivity contribution in [3.8, 4) is 0 Å². The van der Waals surface area contributed by atoms with Gasteiger partial charge in [0.05, 0.1) is 17.3 Å². The maximum atomic E-state index is 13.5. The fourth-order valence-corrected chi connectivity index (χ4v) is 1.99. The quantitative estimate of drug-likeness (QED) is 0.790. The third-order valence-electron chi connectivity index (χ3n) is 3.24. The second-order valence-electron chi connectivity index (χ2n) is 4.45. The van der Waals surface area contributed by atoms with Crippen LogP contribution < -0.4 is 5.73 Å². The molecule has 0 atom stereocenters. The van der Waals surface area contributed by atoms with E-state index in [0.29, 0.717) is 0 Å². The van der Waals surface area contributed by atoms with Crippen molar-refractivity contribution in [3.05, 3.63) is 22.7 Å². The first kappa shape index (κ1) is 14.3. The molecule has 0 aromatic carbocycles. The monoisotopic (exact) mass is 302 g/mol. The molecule has 0 aliphatic carbocycles. The Morgan fingerprint density at radius 3 is 2.75 bits per heavy atom. The topological polar surface area (TPSA) is 99.8 Å². The number of amides is 2. The van der Waals surface area contributed by atoms with Gasteiger partial charge < -0.3 is 20.6 Å². The number of nitrogen functional groups attached to an aromatic ring is 1. The summed E-state index contributed by atoms with van der Waals surface area (Å²) in [6.45, 7) is 0.455. The van der Waals surface area contributed by atoms with Crippen LogP contribution in [0.3, 0.4) is 0 Å². The molecule has 108 valence electrons. The normalized spacial score (nSPS) is 14.8. The van der Waals surface area contributed by atoms with Gasteiger partial charge in [0.25, 0.3) is 5.91 Å². The number of carbonyl (C=O) groups is 2. The fourth-order valence-electron chi connectivity index (χ4n) is 1.84. The highest BCUT2D eigenvalue weighted by molar-refractivity contribution is 6.30. The van der Waals surface area contributed by atoms with Crippen molar-refractivity contribution in [1.29, 1.82) is 0 Å². The molecule has 9 heteroatoms. The Bertz CT molecular complexity index is 577. The van der Waals surface area contributed by atoms with Gasteiger partial charge in [-0.05, 0) is 0 Å². The zero-order chi connectivity index (χ0) is 15.0. The second kappa shape index (κ2) is 5.12. The van der Waals surface area contributed by atoms with Crippen molar-refractivity contribution < 1.29 is 19.1 Å². The van der Waals surface area contributed by atoms with E-state index in [-0.39, 0.29) is 30.4 Å². The lowest BCUT2D eigenvalue weighted by Gasteiger charge is -2.42. The molecule has 1 aromatic rings. The molecule has 1 aliphatic rings. The molecule has 0 unspecified atom stereocenters. The van der Waals surface area contributed by atoms with Crippen LogP contribution >= 0.6 is 11.6 Å². The predicted octanol–water partition coefficient (Wildman–Crippen LogP) is 0.890. The summed E-state index contributed by atoms with van der Waals surface area (Å²) in [7, 11) is 1.42. The Hall–Kier alpha value is -2.09. The second-order valence-corrected chi connectivity index (χ2v) is 4.81. The highest BCUT2D eigenvalue weighted by Crippen LogP contribution is 2.25. The first-order valence-corrected chi connectivity index (χ1v) is 6.05. The summed E-state index contributed by atoms with van der Waals surface area (Å²) in [4.78, 5) is 28.9. The lowest BCUT2D eigenvalue weighted by atomic mass is 10.1. The van der Waals surface area contributed by atoms with Crippen molar-refractivity contribution in [2.24, 2.45) is 0 Å². The molecule has 0 spiro atoms. The Kier molecular flexibility index (Phi) is 3.67. The lowest BCUT2D eigenvalue weighted by molar-refractivity contribution is 0.0347. The molecule has 1 aromatic heterocycles. The van der Waals surface area contributed by atoms with Crippen molar-refractivity contribution in [1.82, 2.24) is 14.8 Å². The SMILES string of the molecule is CN(C(=O)O)C1CN(C(=O)c2cnc(Cl)c(F)c2N)C1. The summed E-state index contributed by atoms with van der Waals surface area (Å²) in [5, 5.41) is 8.40. The summed E-state index contributed by atoms with van der Waals surface area (Å²) in [6, 6.07) is -0.275. The van der Waals surface area contributed by atoms with E-state index in [2.05, 4.69) is 4.98 Å². The number of hydrogen-bond acceptors (Lipinski definition) is 4. The molecule has 1 fully saturated rings. The van der Waals surface area contributed by atoms with Crippen LogP contribution in [-0.4, -0.2) is 58.1 Å². The molecule has 20 heavy (non-hydrogen) atoms. The van der Waals surface area contributed by atoms with E-state index < -0.39 is 23.0 Å². The summed E-state index contributed by atoms with van der Waals surface area (Å²) < 4.78 is 13.5. The van der Waals surface area contributed by atoms with Gasteiger partial charge in [0.1, 0.15) is 0 Å². The molecule has 0 bridgehead atoms. The third-order valence-corrected chi connectivity index (χ3v) is 3.51. The summed E-state index contributed by atoms with van der Waals surface area (Å²) >= 11 is 5.45. The van der Waals surface area contributed by atoms with Crippen LogP contribution in [0.2, 0.25) is 5.15 Å². The molecule has 1 saturated heterocycles. The highest BCUT2D eigenvalue weighted by atomic mass is 35.5. The summed E-state index contributed by atoms with van der Waals surface area (Å²) in [5.41, 5.74) is 5.06. The molecule has 2 rings (SSSR count). The molecule has 7 nitrogen and oxygen atoms in total. The van der Waals surface area contributed by atoms with Crippen LogP contribution in [0.4, 0.5) is 14.9 Å². The number of pyridine rings is 1. The van der Waals surface area contributed by atoms with Gasteiger partial charge in [-0.15, -0.1) is 0 Å². The van der Waals surface area contributed by atoms with E-state index in [0.717, 1.165) is 11.1 Å². The third kappa shape index (κ3) is 2.34. The zero-order valence-corrected chi connectivity index (χ0v) is 11.3. The maximum absolute atomic E-state index is 13.5. The van der Waals surface area contributed by atoms with Gasteiger partial charge in [0.2, 0.25) is 0 Å². The van der Waals surface area contributed by atoms with Crippen LogP contribution in [0.15, 0.2) is 6.20 Å². The van der Waals surface area contributed by atoms with Crippen molar-refractivity contribution in [2.75, 3.05) is 25.9 Å². The molecule has 2 amide bonds. The van der Waals surface area contributed by atoms with Crippen molar-refractivity contribution in [2.45, 2.75) is 6.04 Å². The van der Waals surface area contributed by atoms with Gasteiger partial charge in [-0.2, -0.15) is 0 Å². The summed E-state index contributed by atoms with van der Waals surface area (Å²) in [5.74, 6) is -1.43. The molecule has 0 saturated carbocycles. The number of nitrogens with two attached hydrogens (primary N) is 1. The average Bonchev–Trinajstić information content (AvgIpc) is 2.33. The van der Waals surface area contributed by atoms with Crippen LogP contribution in [0, 0.1) is 5.82 Å². The number of halogens is 2. The van der Waals surface area contributed by atoms with Gasteiger partial charge in [-0.3, -0.25) is 4.79 Å². The number of anilines is 1. The number of aromatic nitrogens is 1. The number of carboxylic acid groups (broad SMARTS) is 1. The van der Waals surface area contributed by atoms with Crippen molar-refractivity contribution in [3.63, 3.8) is 0 Å². The van der Waals surface area contributed by atoms with E-state index >= 15 is 0 Å². The Balaban J connectivity index is 2.08. The fraction of sp³-hybridized carbons (Fsp3) is 0.364. The van der Waals surface area contributed by atoms with Gasteiger partial charge in [0, 0.05) is 26.3 Å². The Labute approximate surface area is 118 Å². The molecule has 3 N–H and O–H groups in total. The molecular weight excluding hydrogens is 291 g/mol. The van der Waals surface area contributed by atoms with Gasteiger partial charge >= 0.3 is 6.09 Å². The minimum absolute atomic E-state index is 0.0803. The Morgan fingerprint density at radius 2 is 2.20 bits per heavy atom. The van der Waals surface area contributed by atoms with Crippen molar-refractivity contribution >= 4 is 29.3 Å². The minimum atomic E-state index is -1.07. The number of rotatable bonds is 2. The molecule has 0 radical (unpaired) electrons. The smallest absolute Gasteiger partial charge is 0.407 e. The largest absolute Gasteiger partial charge is 0.465 e. The summed E-state index contributed by atoms with van der Waals surface area (Å²) in [6.07, 6.45) is 0.0398. The zero-order valence-electron chi connectivity index (χ0n) is 10.5. The van der Waals surface area contributed by atoms with E-state index in [1.54, 1.807) is 0 Å². The van der Waals surface area contributed by atoms with Crippen LogP contribution in [0.25, 0.3) is 0 Å². The van der Waals surface area contributed by atoms with Crippen LogP contribution in [-0.2, 0) is 0 Å².